The van der Waals surface area contributed by atoms with Crippen LogP contribution in [0.15, 0.2) is 78.0 Å². The molecule has 0 aliphatic heterocycles. The van der Waals surface area contributed by atoms with Gasteiger partial charge in [0, 0.05) is 48.7 Å². The fourth-order valence-corrected chi connectivity index (χ4v) is 4.96. The average molecular weight is 600 g/mol. The molecular formula is C30H23F6N5O2. The van der Waals surface area contributed by atoms with E-state index in [0.29, 0.717) is 11.3 Å². The van der Waals surface area contributed by atoms with Crippen LogP contribution < -0.4 is 10.9 Å². The number of benzene rings is 1. The van der Waals surface area contributed by atoms with Crippen LogP contribution in [0.2, 0.25) is 0 Å². The molecule has 5 aromatic rings. The first-order valence-corrected chi connectivity index (χ1v) is 12.9. The van der Waals surface area contributed by atoms with Crippen molar-refractivity contribution in [3.8, 4) is 22.5 Å². The lowest BCUT2D eigenvalue weighted by molar-refractivity contribution is -0.127. The summed E-state index contributed by atoms with van der Waals surface area (Å²) in [7, 11) is 1.35. The molecular weight excluding hydrogens is 576 g/mol. The van der Waals surface area contributed by atoms with E-state index in [0.717, 1.165) is 22.9 Å². The van der Waals surface area contributed by atoms with Crippen molar-refractivity contribution in [1.29, 1.82) is 0 Å². The number of aromatic nitrogens is 4. The van der Waals surface area contributed by atoms with Crippen molar-refractivity contribution in [2.45, 2.75) is 31.4 Å². The highest BCUT2D eigenvalue weighted by Crippen LogP contribution is 2.38. The van der Waals surface area contributed by atoms with E-state index >= 15 is 0 Å². The molecule has 2 N–H and O–H groups in total. The summed E-state index contributed by atoms with van der Waals surface area (Å²) >= 11 is 0. The Balaban J connectivity index is 1.62. The van der Waals surface area contributed by atoms with Crippen molar-refractivity contribution >= 4 is 22.6 Å². The van der Waals surface area contributed by atoms with Gasteiger partial charge in [-0.15, -0.1) is 0 Å². The molecule has 0 fully saturated rings. The number of amides is 1. The van der Waals surface area contributed by atoms with Crippen LogP contribution in [0.25, 0.3) is 33.4 Å². The number of hydrogen-bond acceptors (Lipinski definition) is 4. The number of carbonyl (C=O) groups excluding carboxylic acids is 1. The van der Waals surface area contributed by atoms with Crippen molar-refractivity contribution < 1.29 is 31.1 Å². The lowest BCUT2D eigenvalue weighted by Gasteiger charge is -2.17. The number of rotatable bonds is 8. The maximum absolute atomic E-state index is 13.5. The van der Waals surface area contributed by atoms with E-state index in [-0.39, 0.29) is 39.1 Å². The van der Waals surface area contributed by atoms with Crippen LogP contribution in [0.1, 0.15) is 23.5 Å². The maximum atomic E-state index is 13.5. The minimum absolute atomic E-state index is 0.00587. The van der Waals surface area contributed by atoms with Gasteiger partial charge in [0.15, 0.2) is 0 Å². The topological polar surface area (TPSA) is 92.7 Å². The SMILES string of the molecule is Cn1cc(CC(F)(F)F)c2[nH]c(-c3ccnc(NC(=O)[C@H](CC(F)F)c4ccc(F)cc4)c3)c(-c3ccccn3)c2c1=O. The second-order valence-corrected chi connectivity index (χ2v) is 9.85. The second kappa shape index (κ2) is 11.7. The molecule has 7 nitrogen and oxygen atoms in total. The minimum atomic E-state index is -4.56. The first-order chi connectivity index (χ1) is 20.4. The Morgan fingerprint density at radius 2 is 1.79 bits per heavy atom. The predicted octanol–water partition coefficient (Wildman–Crippen LogP) is 6.61. The van der Waals surface area contributed by atoms with Gasteiger partial charge in [-0.25, -0.2) is 18.2 Å². The molecule has 222 valence electrons. The summed E-state index contributed by atoms with van der Waals surface area (Å²) in [6, 6.07) is 12.4. The molecule has 1 atom stereocenters. The molecule has 4 heterocycles. The van der Waals surface area contributed by atoms with E-state index in [4.69, 9.17) is 0 Å². The van der Waals surface area contributed by atoms with Crippen molar-refractivity contribution in [2.24, 2.45) is 7.05 Å². The molecule has 5 rings (SSSR count). The fraction of sp³-hybridized carbons (Fsp3) is 0.200. The first kappa shape index (κ1) is 29.5. The van der Waals surface area contributed by atoms with Gasteiger partial charge in [0.2, 0.25) is 12.3 Å². The van der Waals surface area contributed by atoms with Crippen LogP contribution in [-0.4, -0.2) is 38.0 Å². The molecule has 1 aromatic carbocycles. The third kappa shape index (κ3) is 6.45. The molecule has 4 aromatic heterocycles. The van der Waals surface area contributed by atoms with Crippen molar-refractivity contribution in [3.63, 3.8) is 0 Å². The normalized spacial score (nSPS) is 12.6. The molecule has 0 bridgehead atoms. The highest BCUT2D eigenvalue weighted by atomic mass is 19.4. The number of alkyl halides is 5. The summed E-state index contributed by atoms with van der Waals surface area (Å²) in [6.07, 6.45) is -5.61. The number of anilines is 1. The van der Waals surface area contributed by atoms with Crippen LogP contribution in [0, 0.1) is 5.82 Å². The zero-order valence-corrected chi connectivity index (χ0v) is 22.4. The Morgan fingerprint density at radius 1 is 1.05 bits per heavy atom. The molecule has 0 unspecified atom stereocenters. The summed E-state index contributed by atoms with van der Waals surface area (Å²) < 4.78 is 81.7. The summed E-state index contributed by atoms with van der Waals surface area (Å²) in [5.74, 6) is -2.78. The number of halogens is 6. The molecule has 13 heteroatoms. The third-order valence-corrected chi connectivity index (χ3v) is 6.82. The number of aromatic amines is 1. The highest BCUT2D eigenvalue weighted by molar-refractivity contribution is 6.04. The number of pyridine rings is 3. The lowest BCUT2D eigenvalue weighted by Crippen LogP contribution is -2.23. The Bertz CT molecular complexity index is 1830. The van der Waals surface area contributed by atoms with Crippen LogP contribution in [0.4, 0.5) is 32.2 Å². The van der Waals surface area contributed by atoms with Gasteiger partial charge < -0.3 is 14.9 Å². The molecule has 0 saturated heterocycles. The first-order valence-electron chi connectivity index (χ1n) is 12.9. The maximum Gasteiger partial charge on any atom is 0.393 e. The summed E-state index contributed by atoms with van der Waals surface area (Å²) in [5.41, 5.74) is 0.551. The zero-order chi connectivity index (χ0) is 30.9. The quantitative estimate of drug-likeness (QED) is 0.196. The standard InChI is InChI=1S/C30H23F6N5O2/c1-41-15-18(14-30(34,35)36)27-25(29(41)43)24(21-4-2-3-10-37-21)26(40-27)17-9-11-38-23(12-17)39-28(42)20(13-22(32)33)16-5-7-19(31)8-6-16/h2-12,15,20,22,40H,13-14H2,1H3,(H,38,39,42)/t20-/m1/s1. The smallest absolute Gasteiger partial charge is 0.354 e. The number of nitrogens with one attached hydrogen (secondary N) is 2. The van der Waals surface area contributed by atoms with Crippen molar-refractivity contribution in [2.75, 3.05) is 5.32 Å². The molecule has 0 radical (unpaired) electrons. The third-order valence-electron chi connectivity index (χ3n) is 6.82. The van der Waals surface area contributed by atoms with E-state index in [9.17, 15) is 35.9 Å². The van der Waals surface area contributed by atoms with Crippen molar-refractivity contribution in [1.82, 2.24) is 19.5 Å². The monoisotopic (exact) mass is 599 g/mol. The van der Waals surface area contributed by atoms with E-state index in [1.807, 2.05) is 0 Å². The molecule has 0 aliphatic carbocycles. The van der Waals surface area contributed by atoms with Gasteiger partial charge in [0.05, 0.1) is 34.6 Å². The Labute approximate surface area is 240 Å². The molecule has 0 saturated carbocycles. The number of aryl methyl sites for hydroxylation is 1. The summed E-state index contributed by atoms with van der Waals surface area (Å²) in [5, 5.41) is 2.50. The Kier molecular flexibility index (Phi) is 8.07. The van der Waals surface area contributed by atoms with E-state index in [1.165, 1.54) is 43.7 Å². The fourth-order valence-electron chi connectivity index (χ4n) is 4.96. The lowest BCUT2D eigenvalue weighted by atomic mass is 9.95. The summed E-state index contributed by atoms with van der Waals surface area (Å²) in [4.78, 5) is 37.8. The van der Waals surface area contributed by atoms with Gasteiger partial charge in [0.1, 0.15) is 11.6 Å². The largest absolute Gasteiger partial charge is 0.393 e. The minimum Gasteiger partial charge on any atom is -0.354 e. The van der Waals surface area contributed by atoms with Crippen LogP contribution in [0.3, 0.4) is 0 Å². The molecule has 43 heavy (non-hydrogen) atoms. The zero-order valence-electron chi connectivity index (χ0n) is 22.4. The molecule has 1 amide bonds. The number of hydrogen-bond donors (Lipinski definition) is 2. The van der Waals surface area contributed by atoms with E-state index in [2.05, 4.69) is 20.3 Å². The van der Waals surface area contributed by atoms with Gasteiger partial charge >= 0.3 is 6.18 Å². The predicted molar refractivity (Wildman–Crippen MR) is 148 cm³/mol. The van der Waals surface area contributed by atoms with Gasteiger partial charge in [-0.2, -0.15) is 13.2 Å². The van der Waals surface area contributed by atoms with E-state index < -0.39 is 48.6 Å². The Hall–Kier alpha value is -4.94. The summed E-state index contributed by atoms with van der Waals surface area (Å²) in [6.45, 7) is 0. The second-order valence-electron chi connectivity index (χ2n) is 9.85. The molecule has 0 aliphatic rings. The van der Waals surface area contributed by atoms with Gasteiger partial charge in [-0.3, -0.25) is 14.6 Å². The number of nitrogens with zero attached hydrogens (tertiary/aromatic N) is 3. The average Bonchev–Trinajstić information content (AvgIpc) is 3.36. The molecule has 0 spiro atoms. The highest BCUT2D eigenvalue weighted by Gasteiger charge is 2.31. The van der Waals surface area contributed by atoms with Crippen LogP contribution in [0.5, 0.6) is 0 Å². The van der Waals surface area contributed by atoms with Crippen LogP contribution in [-0.2, 0) is 18.3 Å². The van der Waals surface area contributed by atoms with Crippen LogP contribution >= 0.6 is 0 Å². The van der Waals surface area contributed by atoms with Crippen molar-refractivity contribution in [3.05, 3.63) is 100 Å². The number of fused-ring (bicyclic) bond motifs is 1. The number of carbonyl (C=O) groups is 1. The van der Waals surface area contributed by atoms with Gasteiger partial charge in [-0.1, -0.05) is 18.2 Å². The van der Waals surface area contributed by atoms with E-state index in [1.54, 1.807) is 18.2 Å². The van der Waals surface area contributed by atoms with Gasteiger partial charge in [0.25, 0.3) is 5.56 Å². The Morgan fingerprint density at radius 3 is 2.44 bits per heavy atom. The number of H-pyrrole nitrogens is 1. The van der Waals surface area contributed by atoms with Gasteiger partial charge in [-0.05, 0) is 42.0 Å².